The summed E-state index contributed by atoms with van der Waals surface area (Å²) in [7, 11) is 1.66. The molecule has 0 fully saturated rings. The average Bonchev–Trinajstić information content (AvgIpc) is 3.18. The Bertz CT molecular complexity index is 1040. The van der Waals surface area contributed by atoms with E-state index < -0.39 is 0 Å². The number of nitrogens with one attached hydrogen (secondary N) is 1. The summed E-state index contributed by atoms with van der Waals surface area (Å²) >= 11 is 0. The molecule has 0 aliphatic carbocycles. The van der Waals surface area contributed by atoms with Crippen LogP contribution in [-0.2, 0) is 0 Å². The highest BCUT2D eigenvalue weighted by atomic mass is 16.5. The Kier molecular flexibility index (Phi) is 4.79. The van der Waals surface area contributed by atoms with Crippen LogP contribution < -0.4 is 4.74 Å². The highest BCUT2D eigenvalue weighted by molar-refractivity contribution is 5.84. The number of hydrogen-bond donors (Lipinski definition) is 1. The first-order chi connectivity index (χ1) is 13.3. The Labute approximate surface area is 158 Å². The molecule has 4 rings (SSSR count). The lowest BCUT2D eigenvalue weighted by Gasteiger charge is -2.00. The summed E-state index contributed by atoms with van der Waals surface area (Å²) in [5, 5.41) is 0. The monoisotopic (exact) mass is 353 g/mol. The molecule has 1 aromatic heterocycles. The number of rotatable bonds is 5. The van der Waals surface area contributed by atoms with E-state index in [0.29, 0.717) is 5.82 Å². The van der Waals surface area contributed by atoms with Gasteiger partial charge in [-0.2, -0.15) is 0 Å². The molecule has 0 amide bonds. The van der Waals surface area contributed by atoms with Crippen LogP contribution in [0.3, 0.4) is 0 Å². The first-order valence-corrected chi connectivity index (χ1v) is 8.72. The topological polar surface area (TPSA) is 50.3 Å². The van der Waals surface area contributed by atoms with E-state index in [-0.39, 0.29) is 0 Å². The molecule has 0 radical (unpaired) electrons. The SMILES string of the molecule is COc1ccc(-c2nc(/N=C/c3ccccc3)c(-c3ccccc3)[nH]2)cc1. The molecule has 0 aliphatic heterocycles. The predicted octanol–water partition coefficient (Wildman–Crippen LogP) is 5.50. The van der Waals surface area contributed by atoms with E-state index in [4.69, 9.17) is 9.72 Å². The Hall–Kier alpha value is -3.66. The highest BCUT2D eigenvalue weighted by Gasteiger charge is 2.12. The minimum atomic E-state index is 0.663. The fourth-order valence-electron chi connectivity index (χ4n) is 2.82. The number of aromatic nitrogens is 2. The van der Waals surface area contributed by atoms with Crippen LogP contribution in [0.1, 0.15) is 5.56 Å². The molecular formula is C23H19N3O. The van der Waals surface area contributed by atoms with Gasteiger partial charge in [-0.05, 0) is 29.8 Å². The van der Waals surface area contributed by atoms with Crippen molar-refractivity contribution in [1.29, 1.82) is 0 Å². The van der Waals surface area contributed by atoms with E-state index in [2.05, 4.69) is 9.98 Å². The molecule has 4 heteroatoms. The minimum Gasteiger partial charge on any atom is -0.497 e. The fourth-order valence-corrected chi connectivity index (χ4v) is 2.82. The number of ether oxygens (including phenoxy) is 1. The largest absolute Gasteiger partial charge is 0.497 e. The van der Waals surface area contributed by atoms with Crippen LogP contribution in [0.2, 0.25) is 0 Å². The Morgan fingerprint density at radius 3 is 2.15 bits per heavy atom. The van der Waals surface area contributed by atoms with Gasteiger partial charge >= 0.3 is 0 Å². The number of H-pyrrole nitrogens is 1. The van der Waals surface area contributed by atoms with Gasteiger partial charge in [0.05, 0.1) is 12.8 Å². The third-order valence-electron chi connectivity index (χ3n) is 4.25. The predicted molar refractivity (Wildman–Crippen MR) is 110 cm³/mol. The summed E-state index contributed by atoms with van der Waals surface area (Å²) in [6.07, 6.45) is 1.83. The number of aliphatic imine (C=N–C) groups is 1. The molecule has 0 saturated carbocycles. The van der Waals surface area contributed by atoms with Crippen LogP contribution in [0.25, 0.3) is 22.6 Å². The van der Waals surface area contributed by atoms with Crippen LogP contribution in [0.15, 0.2) is 89.9 Å². The third kappa shape index (κ3) is 3.80. The summed E-state index contributed by atoms with van der Waals surface area (Å²) in [5.74, 6) is 2.25. The second-order valence-corrected chi connectivity index (χ2v) is 6.05. The fraction of sp³-hybridized carbons (Fsp3) is 0.0435. The van der Waals surface area contributed by atoms with Gasteiger partial charge in [-0.25, -0.2) is 9.98 Å². The molecule has 3 aromatic carbocycles. The van der Waals surface area contributed by atoms with E-state index in [1.807, 2.05) is 91.1 Å². The van der Waals surface area contributed by atoms with Crippen LogP contribution in [0.4, 0.5) is 5.82 Å². The molecule has 4 aromatic rings. The van der Waals surface area contributed by atoms with Gasteiger partial charge in [-0.3, -0.25) is 0 Å². The highest BCUT2D eigenvalue weighted by Crippen LogP contribution is 2.31. The smallest absolute Gasteiger partial charge is 0.178 e. The van der Waals surface area contributed by atoms with Crippen molar-refractivity contribution >= 4 is 12.0 Å². The lowest BCUT2D eigenvalue weighted by molar-refractivity contribution is 0.415. The second kappa shape index (κ2) is 7.70. The summed E-state index contributed by atoms with van der Waals surface area (Å²) in [5.41, 5.74) is 3.96. The minimum absolute atomic E-state index is 0.663. The summed E-state index contributed by atoms with van der Waals surface area (Å²) in [4.78, 5) is 12.8. The molecule has 27 heavy (non-hydrogen) atoms. The van der Waals surface area contributed by atoms with Crippen molar-refractivity contribution in [1.82, 2.24) is 9.97 Å². The molecule has 0 atom stereocenters. The van der Waals surface area contributed by atoms with Gasteiger partial charge < -0.3 is 9.72 Å². The van der Waals surface area contributed by atoms with Crippen molar-refractivity contribution in [2.24, 2.45) is 4.99 Å². The Morgan fingerprint density at radius 2 is 1.48 bits per heavy atom. The number of benzene rings is 3. The average molecular weight is 353 g/mol. The van der Waals surface area contributed by atoms with E-state index in [0.717, 1.165) is 34.0 Å². The molecular weight excluding hydrogens is 334 g/mol. The molecule has 0 unspecified atom stereocenters. The zero-order valence-corrected chi connectivity index (χ0v) is 15.0. The molecule has 1 heterocycles. The zero-order valence-electron chi connectivity index (χ0n) is 15.0. The maximum atomic E-state index is 5.24. The van der Waals surface area contributed by atoms with Crippen molar-refractivity contribution in [3.05, 3.63) is 90.5 Å². The van der Waals surface area contributed by atoms with Crippen molar-refractivity contribution in [2.75, 3.05) is 7.11 Å². The summed E-state index contributed by atoms with van der Waals surface area (Å²) in [6.45, 7) is 0. The van der Waals surface area contributed by atoms with E-state index in [1.54, 1.807) is 7.11 Å². The third-order valence-corrected chi connectivity index (χ3v) is 4.25. The number of methoxy groups -OCH3 is 1. The van der Waals surface area contributed by atoms with Crippen molar-refractivity contribution < 1.29 is 4.74 Å². The van der Waals surface area contributed by atoms with E-state index in [1.165, 1.54) is 0 Å². The number of aromatic amines is 1. The van der Waals surface area contributed by atoms with Gasteiger partial charge in [0.2, 0.25) is 0 Å². The molecule has 0 bridgehead atoms. The van der Waals surface area contributed by atoms with Gasteiger partial charge in [0.25, 0.3) is 0 Å². The van der Waals surface area contributed by atoms with Crippen LogP contribution in [0.5, 0.6) is 5.75 Å². The number of imidazole rings is 1. The van der Waals surface area contributed by atoms with Crippen LogP contribution in [0, 0.1) is 0 Å². The quantitative estimate of drug-likeness (QED) is 0.481. The lowest BCUT2D eigenvalue weighted by Crippen LogP contribution is -1.84. The summed E-state index contributed by atoms with van der Waals surface area (Å²) in [6, 6.07) is 27.9. The molecule has 0 spiro atoms. The van der Waals surface area contributed by atoms with Gasteiger partial charge in [0.1, 0.15) is 11.6 Å². The van der Waals surface area contributed by atoms with Gasteiger partial charge in [0, 0.05) is 17.3 Å². The van der Waals surface area contributed by atoms with Gasteiger partial charge in [0.15, 0.2) is 5.82 Å². The molecule has 132 valence electrons. The van der Waals surface area contributed by atoms with Crippen LogP contribution >= 0.6 is 0 Å². The normalized spacial score (nSPS) is 11.0. The molecule has 0 saturated heterocycles. The first-order valence-electron chi connectivity index (χ1n) is 8.72. The lowest BCUT2D eigenvalue weighted by atomic mass is 10.1. The number of hydrogen-bond acceptors (Lipinski definition) is 3. The maximum absolute atomic E-state index is 5.24. The first kappa shape index (κ1) is 16.8. The van der Waals surface area contributed by atoms with E-state index in [9.17, 15) is 0 Å². The Balaban J connectivity index is 1.76. The number of nitrogens with zero attached hydrogens (tertiary/aromatic N) is 2. The zero-order chi connectivity index (χ0) is 18.5. The molecule has 1 N–H and O–H groups in total. The van der Waals surface area contributed by atoms with Gasteiger partial charge in [-0.1, -0.05) is 60.7 Å². The van der Waals surface area contributed by atoms with Crippen LogP contribution in [-0.4, -0.2) is 23.3 Å². The maximum Gasteiger partial charge on any atom is 0.178 e. The van der Waals surface area contributed by atoms with Crippen molar-refractivity contribution in [3.8, 4) is 28.4 Å². The standard InChI is InChI=1S/C23H19N3O/c1-27-20-14-12-19(13-15-20)22-25-21(18-10-6-3-7-11-18)23(26-22)24-16-17-8-4-2-5-9-17/h2-16H,1H3,(H,25,26)/b24-16+. The van der Waals surface area contributed by atoms with Gasteiger partial charge in [-0.15, -0.1) is 0 Å². The van der Waals surface area contributed by atoms with Crippen molar-refractivity contribution in [3.63, 3.8) is 0 Å². The Morgan fingerprint density at radius 1 is 0.815 bits per heavy atom. The summed E-state index contributed by atoms with van der Waals surface area (Å²) < 4.78 is 5.24. The molecule has 4 nitrogen and oxygen atoms in total. The van der Waals surface area contributed by atoms with E-state index >= 15 is 0 Å². The second-order valence-electron chi connectivity index (χ2n) is 6.05. The van der Waals surface area contributed by atoms with Crippen molar-refractivity contribution in [2.45, 2.75) is 0 Å². The molecule has 0 aliphatic rings.